The van der Waals surface area contributed by atoms with Gasteiger partial charge in [-0.3, -0.25) is 4.99 Å². The van der Waals surface area contributed by atoms with E-state index < -0.39 is 0 Å². The number of rotatable bonds is 3. The lowest BCUT2D eigenvalue weighted by molar-refractivity contribution is 0.936. The van der Waals surface area contributed by atoms with E-state index in [1.165, 1.54) is 0 Å². The van der Waals surface area contributed by atoms with Crippen molar-refractivity contribution < 1.29 is 0 Å². The lowest BCUT2D eigenvalue weighted by Gasteiger charge is -2.10. The van der Waals surface area contributed by atoms with Crippen LogP contribution in [0.2, 0.25) is 0 Å². The van der Waals surface area contributed by atoms with E-state index in [9.17, 15) is 0 Å². The van der Waals surface area contributed by atoms with Gasteiger partial charge in [0.25, 0.3) is 0 Å². The minimum Gasteiger partial charge on any atom is -0.380 e. The van der Waals surface area contributed by atoms with Gasteiger partial charge in [0.15, 0.2) is 0 Å². The molecule has 0 radical (unpaired) electrons. The molecule has 0 saturated heterocycles. The first-order chi connectivity index (χ1) is 6.38. The summed E-state index contributed by atoms with van der Waals surface area (Å²) in [6, 6.07) is 0. The number of aliphatic imine (C=N–C) groups is 1. The molecule has 1 aliphatic heterocycles. The van der Waals surface area contributed by atoms with Crippen LogP contribution >= 0.6 is 0 Å². The van der Waals surface area contributed by atoms with E-state index in [1.54, 1.807) is 12.3 Å². The number of hydrogen-bond donors (Lipinski definition) is 1. The fourth-order valence-electron chi connectivity index (χ4n) is 1.02. The van der Waals surface area contributed by atoms with Crippen molar-refractivity contribution in [2.75, 3.05) is 6.54 Å². The van der Waals surface area contributed by atoms with E-state index >= 15 is 0 Å². The van der Waals surface area contributed by atoms with Crippen LogP contribution in [0, 0.1) is 0 Å². The second kappa shape index (κ2) is 5.14. The highest BCUT2D eigenvalue weighted by Gasteiger charge is 2.01. The standard InChI is InChI=1S/C11H14N2/c1-3-8-12-10(4-2)11-7-5-6-9-13-11/h3-8,13H,2,9H2,1H3/b8-3-,12-10?. The van der Waals surface area contributed by atoms with Crippen LogP contribution in [0.3, 0.4) is 0 Å². The Morgan fingerprint density at radius 3 is 3.08 bits per heavy atom. The normalized spacial score (nSPS) is 17.0. The minimum atomic E-state index is 0.856. The van der Waals surface area contributed by atoms with Crippen molar-refractivity contribution in [1.82, 2.24) is 5.32 Å². The van der Waals surface area contributed by atoms with Crippen molar-refractivity contribution in [1.29, 1.82) is 0 Å². The fraction of sp³-hybridized carbons (Fsp3) is 0.182. The van der Waals surface area contributed by atoms with Gasteiger partial charge >= 0.3 is 0 Å². The van der Waals surface area contributed by atoms with Crippen LogP contribution in [0.15, 0.2) is 53.8 Å². The SMILES string of the molecule is C=CC(=N/C=C\C)C1=CC=CCN1. The second-order valence-corrected chi connectivity index (χ2v) is 2.59. The van der Waals surface area contributed by atoms with E-state index in [4.69, 9.17) is 0 Å². The largest absolute Gasteiger partial charge is 0.380 e. The second-order valence-electron chi connectivity index (χ2n) is 2.59. The zero-order valence-corrected chi connectivity index (χ0v) is 7.83. The zero-order chi connectivity index (χ0) is 9.52. The smallest absolute Gasteiger partial charge is 0.0854 e. The van der Waals surface area contributed by atoms with Crippen LogP contribution < -0.4 is 5.32 Å². The van der Waals surface area contributed by atoms with Gasteiger partial charge in [-0.05, 0) is 19.1 Å². The monoisotopic (exact) mass is 174 g/mol. The first-order valence-corrected chi connectivity index (χ1v) is 4.31. The Hall–Kier alpha value is -1.57. The first kappa shape index (κ1) is 9.52. The molecule has 68 valence electrons. The third kappa shape index (κ3) is 2.75. The summed E-state index contributed by atoms with van der Waals surface area (Å²) in [4.78, 5) is 4.24. The van der Waals surface area contributed by atoms with Gasteiger partial charge in [0.2, 0.25) is 0 Å². The highest BCUT2D eigenvalue weighted by Crippen LogP contribution is 2.01. The van der Waals surface area contributed by atoms with Crippen molar-refractivity contribution in [2.24, 2.45) is 4.99 Å². The third-order valence-electron chi connectivity index (χ3n) is 1.64. The molecule has 0 aromatic heterocycles. The molecule has 2 heteroatoms. The van der Waals surface area contributed by atoms with E-state index in [0.717, 1.165) is 18.0 Å². The van der Waals surface area contributed by atoms with Gasteiger partial charge in [-0.1, -0.05) is 24.8 Å². The van der Waals surface area contributed by atoms with Crippen molar-refractivity contribution in [3.05, 3.63) is 48.9 Å². The summed E-state index contributed by atoms with van der Waals surface area (Å²) < 4.78 is 0. The van der Waals surface area contributed by atoms with Crippen molar-refractivity contribution >= 4 is 5.71 Å². The maximum absolute atomic E-state index is 4.24. The van der Waals surface area contributed by atoms with Gasteiger partial charge in [-0.15, -0.1) is 0 Å². The number of nitrogens with one attached hydrogen (secondary N) is 1. The molecule has 1 aliphatic rings. The Labute approximate surface area is 79.1 Å². The lowest BCUT2D eigenvalue weighted by Crippen LogP contribution is -2.21. The Morgan fingerprint density at radius 2 is 2.54 bits per heavy atom. The molecule has 0 bridgehead atoms. The summed E-state index contributed by atoms with van der Waals surface area (Å²) in [7, 11) is 0. The Balaban J connectivity index is 2.82. The first-order valence-electron chi connectivity index (χ1n) is 4.31. The fourth-order valence-corrected chi connectivity index (χ4v) is 1.02. The van der Waals surface area contributed by atoms with Gasteiger partial charge in [0, 0.05) is 12.7 Å². The molecule has 0 aliphatic carbocycles. The van der Waals surface area contributed by atoms with Crippen LogP contribution in [-0.2, 0) is 0 Å². The molecule has 0 aromatic carbocycles. The van der Waals surface area contributed by atoms with Gasteiger partial charge in [-0.2, -0.15) is 0 Å². The maximum Gasteiger partial charge on any atom is 0.0854 e. The molecule has 1 heterocycles. The number of hydrogen-bond acceptors (Lipinski definition) is 2. The minimum absolute atomic E-state index is 0.856. The summed E-state index contributed by atoms with van der Waals surface area (Å²) in [5, 5.41) is 3.22. The number of allylic oxidation sites excluding steroid dienone is 4. The van der Waals surface area contributed by atoms with Crippen LogP contribution in [0.5, 0.6) is 0 Å². The van der Waals surface area contributed by atoms with Gasteiger partial charge in [0.05, 0.1) is 11.4 Å². The Bertz CT molecular complexity index is 293. The molecular formula is C11H14N2. The van der Waals surface area contributed by atoms with Crippen LogP contribution in [0.1, 0.15) is 6.92 Å². The summed E-state index contributed by atoms with van der Waals surface area (Å²) in [5.41, 5.74) is 1.90. The van der Waals surface area contributed by atoms with E-state index in [0.29, 0.717) is 0 Å². The van der Waals surface area contributed by atoms with E-state index in [2.05, 4.69) is 23.0 Å². The molecule has 1 N–H and O–H groups in total. The van der Waals surface area contributed by atoms with Gasteiger partial charge < -0.3 is 5.32 Å². The Kier molecular flexibility index (Phi) is 3.76. The average molecular weight is 174 g/mol. The van der Waals surface area contributed by atoms with Crippen molar-refractivity contribution in [3.63, 3.8) is 0 Å². The molecule has 1 rings (SSSR count). The summed E-state index contributed by atoms with van der Waals surface area (Å²) in [6.45, 7) is 6.51. The number of dihydropyridines is 1. The average Bonchev–Trinajstić information content (AvgIpc) is 2.21. The molecule has 0 unspecified atom stereocenters. The van der Waals surface area contributed by atoms with Gasteiger partial charge in [0.1, 0.15) is 0 Å². The molecule has 0 fully saturated rings. The molecular weight excluding hydrogens is 160 g/mol. The van der Waals surface area contributed by atoms with E-state index in [-0.39, 0.29) is 0 Å². The molecule has 0 atom stereocenters. The van der Waals surface area contributed by atoms with Crippen LogP contribution in [0.4, 0.5) is 0 Å². The summed E-state index contributed by atoms with van der Waals surface area (Å²) in [5.74, 6) is 0. The highest BCUT2D eigenvalue weighted by atomic mass is 14.9. The molecule has 0 aromatic rings. The predicted molar refractivity (Wildman–Crippen MR) is 57.7 cm³/mol. The maximum atomic E-state index is 4.24. The molecule has 0 spiro atoms. The zero-order valence-electron chi connectivity index (χ0n) is 7.83. The van der Waals surface area contributed by atoms with Crippen LogP contribution in [-0.4, -0.2) is 12.3 Å². The molecule has 0 amide bonds. The Morgan fingerprint density at radius 1 is 1.69 bits per heavy atom. The summed E-state index contributed by atoms with van der Waals surface area (Å²) >= 11 is 0. The molecule has 13 heavy (non-hydrogen) atoms. The molecule has 2 nitrogen and oxygen atoms in total. The number of nitrogens with zero attached hydrogens (tertiary/aromatic N) is 1. The van der Waals surface area contributed by atoms with Gasteiger partial charge in [-0.25, -0.2) is 0 Å². The third-order valence-corrected chi connectivity index (χ3v) is 1.64. The van der Waals surface area contributed by atoms with Crippen molar-refractivity contribution in [3.8, 4) is 0 Å². The van der Waals surface area contributed by atoms with Crippen LogP contribution in [0.25, 0.3) is 0 Å². The van der Waals surface area contributed by atoms with E-state index in [1.807, 2.05) is 25.2 Å². The summed E-state index contributed by atoms with van der Waals surface area (Å²) in [6.07, 6.45) is 11.5. The predicted octanol–water partition coefficient (Wildman–Crippen LogP) is 2.19. The quantitative estimate of drug-likeness (QED) is 0.652. The highest BCUT2D eigenvalue weighted by molar-refractivity contribution is 6.08. The topological polar surface area (TPSA) is 24.4 Å². The molecule has 0 saturated carbocycles. The lowest BCUT2D eigenvalue weighted by atomic mass is 10.2. The van der Waals surface area contributed by atoms with Crippen molar-refractivity contribution in [2.45, 2.75) is 6.92 Å².